The molecule has 0 aromatic carbocycles. The number of allylic oxidation sites excluding steroid dienone is 1. The predicted octanol–water partition coefficient (Wildman–Crippen LogP) is 1.76. The molecule has 68 valence electrons. The minimum Gasteiger partial charge on any atom is -0.361 e. The minimum atomic E-state index is -2.45. The van der Waals surface area contributed by atoms with Crippen molar-refractivity contribution in [1.82, 2.24) is 0 Å². The predicted molar refractivity (Wildman–Crippen MR) is 51.5 cm³/mol. The van der Waals surface area contributed by atoms with E-state index < -0.39 is 7.34 Å². The maximum Gasteiger partial charge on any atom is 0.363 e. The normalized spacial score (nSPS) is 10.6. The molecule has 0 rings (SSSR count). The van der Waals surface area contributed by atoms with E-state index in [1.807, 2.05) is 0 Å². The molecular formula is C7H13N2O2P. The Kier molecular flexibility index (Phi) is 4.15. The molecule has 0 atom stereocenters. The highest BCUT2D eigenvalue weighted by Crippen LogP contribution is 2.48. The van der Waals surface area contributed by atoms with E-state index in [-0.39, 0.29) is 5.45 Å². The second-order valence-electron chi connectivity index (χ2n) is 2.24. The van der Waals surface area contributed by atoms with Crippen molar-refractivity contribution in [2.24, 2.45) is 0 Å². The molecule has 5 heteroatoms. The fourth-order valence-corrected chi connectivity index (χ4v) is 1.90. The van der Waals surface area contributed by atoms with Crippen molar-refractivity contribution in [3.63, 3.8) is 0 Å². The fourth-order valence-electron chi connectivity index (χ4n) is 0.692. The van der Waals surface area contributed by atoms with Crippen LogP contribution in [0.3, 0.4) is 0 Å². The van der Waals surface area contributed by atoms with Crippen LogP contribution in [0.2, 0.25) is 0 Å². The molecule has 0 heterocycles. The maximum atomic E-state index is 8.65. The molecule has 0 fully saturated rings. The van der Waals surface area contributed by atoms with Gasteiger partial charge in [0, 0.05) is 19.8 Å². The standard InChI is InChI=1S/C7H13N2O2P/c1-6(2)7(9-8)12(5,10-3)11-4/h1,5H2,2-4H3. The third-order valence-electron chi connectivity index (χ3n) is 1.39. The number of rotatable bonds is 4. The van der Waals surface area contributed by atoms with Crippen molar-refractivity contribution in [1.29, 1.82) is 0 Å². The zero-order valence-corrected chi connectivity index (χ0v) is 8.47. The second kappa shape index (κ2) is 4.39. The van der Waals surface area contributed by atoms with Gasteiger partial charge in [-0.1, -0.05) is 6.58 Å². The van der Waals surface area contributed by atoms with Crippen LogP contribution in [0.4, 0.5) is 0 Å². The third kappa shape index (κ3) is 2.16. The molecule has 0 aliphatic heterocycles. The molecule has 0 radical (unpaired) electrons. The third-order valence-corrected chi connectivity index (χ3v) is 3.69. The molecule has 4 nitrogen and oxygen atoms in total. The molecule has 0 amide bonds. The highest BCUT2D eigenvalue weighted by Gasteiger charge is 2.29. The van der Waals surface area contributed by atoms with E-state index in [9.17, 15) is 0 Å². The summed E-state index contributed by atoms with van der Waals surface area (Å²) < 4.78 is 10.1. The van der Waals surface area contributed by atoms with Gasteiger partial charge in [0.15, 0.2) is 0 Å². The monoisotopic (exact) mass is 188 g/mol. The van der Waals surface area contributed by atoms with Crippen LogP contribution in [-0.2, 0) is 9.05 Å². The molecule has 0 aliphatic carbocycles. The van der Waals surface area contributed by atoms with Crippen LogP contribution in [0.5, 0.6) is 0 Å². The zero-order valence-electron chi connectivity index (χ0n) is 7.57. The molecule has 0 spiro atoms. The number of hydrogen-bond acceptors (Lipinski definition) is 2. The van der Waals surface area contributed by atoms with Gasteiger partial charge in [-0.15, -0.1) is 0 Å². The first kappa shape index (κ1) is 11.3. The fraction of sp³-hybridized carbons (Fsp3) is 0.429. The Morgan fingerprint density at radius 2 is 1.83 bits per heavy atom. The lowest BCUT2D eigenvalue weighted by Gasteiger charge is -2.14. The Hall–Kier alpha value is -0.660. The second-order valence-corrected chi connectivity index (χ2v) is 4.74. The van der Waals surface area contributed by atoms with E-state index in [1.54, 1.807) is 6.92 Å². The molecule has 0 saturated carbocycles. The summed E-state index contributed by atoms with van der Waals surface area (Å²) in [6, 6.07) is 0. The smallest absolute Gasteiger partial charge is 0.361 e. The Labute approximate surface area is 72.6 Å². The van der Waals surface area contributed by atoms with Gasteiger partial charge in [0.2, 0.25) is 7.34 Å². The summed E-state index contributed by atoms with van der Waals surface area (Å²) in [4.78, 5) is 3.06. The average molecular weight is 188 g/mol. The van der Waals surface area contributed by atoms with Gasteiger partial charge in [-0.25, -0.2) is 0 Å². The van der Waals surface area contributed by atoms with Crippen molar-refractivity contribution >= 4 is 19.1 Å². The molecule has 12 heavy (non-hydrogen) atoms. The Bertz CT molecular complexity index is 271. The van der Waals surface area contributed by atoms with E-state index in [4.69, 9.17) is 14.6 Å². The summed E-state index contributed by atoms with van der Waals surface area (Å²) >= 11 is 0. The average Bonchev–Trinajstić information content (AvgIpc) is 2.04. The summed E-state index contributed by atoms with van der Waals surface area (Å²) in [5, 5.41) is 0. The Morgan fingerprint density at radius 1 is 1.42 bits per heavy atom. The van der Waals surface area contributed by atoms with Gasteiger partial charge in [-0.3, -0.25) is 0 Å². The van der Waals surface area contributed by atoms with E-state index in [0.29, 0.717) is 5.57 Å². The van der Waals surface area contributed by atoms with Crippen molar-refractivity contribution in [3.05, 3.63) is 17.7 Å². The number of hydrogen-bond donors (Lipinski definition) is 0. The quantitative estimate of drug-likeness (QED) is 0.292. The van der Waals surface area contributed by atoms with Crippen LogP contribution in [0.1, 0.15) is 6.92 Å². The molecule has 0 N–H and O–H groups in total. The molecule has 0 unspecified atom stereocenters. The van der Waals surface area contributed by atoms with Crippen LogP contribution >= 0.6 is 7.34 Å². The largest absolute Gasteiger partial charge is 0.363 e. The molecular weight excluding hydrogens is 175 g/mol. The van der Waals surface area contributed by atoms with Crippen LogP contribution in [0.25, 0.3) is 5.53 Å². The maximum absolute atomic E-state index is 8.65. The lowest BCUT2D eigenvalue weighted by atomic mass is 10.4. The minimum absolute atomic E-state index is 0.285. The van der Waals surface area contributed by atoms with E-state index in [0.717, 1.165) is 0 Å². The van der Waals surface area contributed by atoms with Gasteiger partial charge < -0.3 is 14.6 Å². The first-order chi connectivity index (χ1) is 5.51. The lowest BCUT2D eigenvalue weighted by molar-refractivity contribution is -0.00130. The van der Waals surface area contributed by atoms with Crippen LogP contribution in [-0.4, -0.2) is 30.8 Å². The van der Waals surface area contributed by atoms with Crippen molar-refractivity contribution in [2.75, 3.05) is 14.2 Å². The van der Waals surface area contributed by atoms with Gasteiger partial charge in [0.05, 0.1) is 0 Å². The van der Waals surface area contributed by atoms with Crippen LogP contribution < -0.4 is 0 Å². The van der Waals surface area contributed by atoms with Crippen LogP contribution in [0, 0.1) is 0 Å². The van der Waals surface area contributed by atoms with Crippen molar-refractivity contribution < 1.29 is 13.8 Å². The zero-order chi connectivity index (χ0) is 9.78. The molecule has 0 saturated heterocycles. The highest BCUT2D eigenvalue weighted by atomic mass is 31.2. The van der Waals surface area contributed by atoms with Crippen LogP contribution in [0.15, 0.2) is 12.2 Å². The van der Waals surface area contributed by atoms with Crippen molar-refractivity contribution in [2.45, 2.75) is 6.92 Å². The van der Waals surface area contributed by atoms with Gasteiger partial charge in [-0.2, -0.15) is 4.79 Å². The molecule has 0 bridgehead atoms. The van der Waals surface area contributed by atoms with E-state index in [2.05, 4.69) is 17.7 Å². The van der Waals surface area contributed by atoms with E-state index in [1.165, 1.54) is 14.2 Å². The Balaban J connectivity index is 5.11. The topological polar surface area (TPSA) is 54.9 Å². The summed E-state index contributed by atoms with van der Waals surface area (Å²) in [6.45, 7) is 5.33. The first-order valence-electron chi connectivity index (χ1n) is 3.25. The molecule has 0 aromatic heterocycles. The van der Waals surface area contributed by atoms with Gasteiger partial charge in [0.1, 0.15) is 0 Å². The first-order valence-corrected chi connectivity index (χ1v) is 5.06. The SMILES string of the molecule is C=C(C)C(=[N+]=[N-])P(=C)(OC)OC. The highest BCUT2D eigenvalue weighted by molar-refractivity contribution is 7.81. The van der Waals surface area contributed by atoms with E-state index >= 15 is 0 Å². The summed E-state index contributed by atoms with van der Waals surface area (Å²) in [5.74, 6) is 0. The summed E-state index contributed by atoms with van der Waals surface area (Å²) in [5.41, 5.74) is 9.52. The van der Waals surface area contributed by atoms with Gasteiger partial charge in [0.25, 0.3) is 0 Å². The number of nitrogens with zero attached hydrogens (tertiary/aromatic N) is 2. The summed E-state index contributed by atoms with van der Waals surface area (Å²) in [6.07, 6.45) is 3.71. The van der Waals surface area contributed by atoms with Crippen molar-refractivity contribution in [3.8, 4) is 0 Å². The van der Waals surface area contributed by atoms with Gasteiger partial charge >= 0.3 is 5.45 Å². The summed E-state index contributed by atoms with van der Waals surface area (Å²) in [7, 11) is 0.467. The molecule has 0 aliphatic rings. The lowest BCUT2D eigenvalue weighted by Crippen LogP contribution is -2.06. The molecule has 0 aromatic rings. The van der Waals surface area contributed by atoms with Gasteiger partial charge in [-0.05, 0) is 13.2 Å². The Morgan fingerprint density at radius 3 is 1.92 bits per heavy atom.